The molecule has 1 aliphatic heterocycles. The van der Waals surface area contributed by atoms with Crippen molar-refractivity contribution in [1.82, 2.24) is 5.43 Å². The summed E-state index contributed by atoms with van der Waals surface area (Å²) >= 11 is 3.44. The van der Waals surface area contributed by atoms with Gasteiger partial charge in [-0.3, -0.25) is 4.79 Å². The summed E-state index contributed by atoms with van der Waals surface area (Å²) < 4.78 is 11.4. The Morgan fingerprint density at radius 2 is 1.88 bits per heavy atom. The van der Waals surface area contributed by atoms with Gasteiger partial charge >= 0.3 is 0 Å². The number of benzene rings is 2. The predicted molar refractivity (Wildman–Crippen MR) is 95.9 cm³/mol. The van der Waals surface area contributed by atoms with Crippen LogP contribution >= 0.6 is 15.9 Å². The van der Waals surface area contributed by atoms with Gasteiger partial charge in [0.05, 0.1) is 6.21 Å². The van der Waals surface area contributed by atoms with E-state index in [1.807, 2.05) is 18.2 Å². The summed E-state index contributed by atoms with van der Waals surface area (Å²) in [7, 11) is 0. The first kappa shape index (κ1) is 16.5. The van der Waals surface area contributed by atoms with Crippen LogP contribution in [-0.2, 0) is 0 Å². The molecule has 2 aromatic rings. The van der Waals surface area contributed by atoms with Gasteiger partial charge in [-0.15, -0.1) is 0 Å². The normalized spacial score (nSPS) is 12.8. The average molecular weight is 389 g/mol. The second-order valence-corrected chi connectivity index (χ2v) is 6.56. The SMILES string of the molecule is CC(C)c1ccc(C(=O)N/N=C/c2cc3c(cc2Br)OCO3)cc1. The molecule has 0 aromatic heterocycles. The smallest absolute Gasteiger partial charge is 0.271 e. The van der Waals surface area contributed by atoms with E-state index in [1.54, 1.807) is 24.4 Å². The minimum absolute atomic E-state index is 0.214. The Morgan fingerprint density at radius 3 is 2.54 bits per heavy atom. The number of hydrogen-bond donors (Lipinski definition) is 1. The minimum Gasteiger partial charge on any atom is -0.454 e. The first-order valence-electron chi connectivity index (χ1n) is 7.57. The molecular weight excluding hydrogens is 372 g/mol. The van der Waals surface area contributed by atoms with Gasteiger partial charge in [-0.25, -0.2) is 5.43 Å². The molecule has 0 saturated carbocycles. The molecule has 0 bridgehead atoms. The molecule has 0 atom stereocenters. The van der Waals surface area contributed by atoms with E-state index in [0.717, 1.165) is 10.0 Å². The Morgan fingerprint density at radius 1 is 1.21 bits per heavy atom. The summed E-state index contributed by atoms with van der Waals surface area (Å²) in [5.41, 5.74) is 5.08. The molecular formula is C18H17BrN2O3. The van der Waals surface area contributed by atoms with Crippen LogP contribution in [0.15, 0.2) is 46.0 Å². The molecule has 124 valence electrons. The highest BCUT2D eigenvalue weighted by Gasteiger charge is 2.15. The molecule has 3 rings (SSSR count). The topological polar surface area (TPSA) is 59.9 Å². The van der Waals surface area contributed by atoms with Crippen molar-refractivity contribution in [1.29, 1.82) is 0 Å². The van der Waals surface area contributed by atoms with Crippen LogP contribution in [0.4, 0.5) is 0 Å². The van der Waals surface area contributed by atoms with Crippen LogP contribution in [-0.4, -0.2) is 18.9 Å². The number of hydrazone groups is 1. The van der Waals surface area contributed by atoms with Gasteiger partial charge in [0, 0.05) is 15.6 Å². The zero-order valence-corrected chi connectivity index (χ0v) is 15.0. The monoisotopic (exact) mass is 388 g/mol. The molecule has 0 saturated heterocycles. The van der Waals surface area contributed by atoms with Gasteiger partial charge in [0.2, 0.25) is 6.79 Å². The first-order chi connectivity index (χ1) is 11.5. The highest BCUT2D eigenvalue weighted by molar-refractivity contribution is 9.10. The third kappa shape index (κ3) is 3.59. The number of hydrogen-bond acceptors (Lipinski definition) is 4. The molecule has 6 heteroatoms. The maximum Gasteiger partial charge on any atom is 0.271 e. The van der Waals surface area contributed by atoms with Crippen LogP contribution in [0, 0.1) is 0 Å². The molecule has 2 aromatic carbocycles. The molecule has 1 N–H and O–H groups in total. The van der Waals surface area contributed by atoms with Crippen molar-refractivity contribution >= 4 is 28.1 Å². The van der Waals surface area contributed by atoms with E-state index < -0.39 is 0 Å². The lowest BCUT2D eigenvalue weighted by Gasteiger charge is -2.06. The largest absolute Gasteiger partial charge is 0.454 e. The summed E-state index contributed by atoms with van der Waals surface area (Å²) in [5.74, 6) is 1.53. The van der Waals surface area contributed by atoms with E-state index in [1.165, 1.54) is 5.56 Å². The molecule has 24 heavy (non-hydrogen) atoms. The Balaban J connectivity index is 1.67. The number of amides is 1. The molecule has 0 aliphatic carbocycles. The fourth-order valence-corrected chi connectivity index (χ4v) is 2.70. The third-order valence-corrected chi connectivity index (χ3v) is 4.39. The van der Waals surface area contributed by atoms with Crippen molar-refractivity contribution in [2.24, 2.45) is 5.10 Å². The van der Waals surface area contributed by atoms with Crippen LogP contribution in [0.5, 0.6) is 11.5 Å². The van der Waals surface area contributed by atoms with Crippen LogP contribution in [0.1, 0.15) is 41.3 Å². The van der Waals surface area contributed by atoms with Crippen molar-refractivity contribution < 1.29 is 14.3 Å². The van der Waals surface area contributed by atoms with Crippen LogP contribution in [0.25, 0.3) is 0 Å². The second kappa shape index (κ2) is 7.05. The molecule has 0 spiro atoms. The van der Waals surface area contributed by atoms with Crippen molar-refractivity contribution in [2.45, 2.75) is 19.8 Å². The standard InChI is InChI=1S/C18H17BrN2O3/c1-11(2)12-3-5-13(6-4-12)18(22)21-20-9-14-7-16-17(8-15(14)19)24-10-23-16/h3-9,11H,10H2,1-2H3,(H,21,22)/b20-9+. The van der Waals surface area contributed by atoms with E-state index in [0.29, 0.717) is 23.0 Å². The van der Waals surface area contributed by atoms with Gasteiger partial charge in [0.25, 0.3) is 5.91 Å². The van der Waals surface area contributed by atoms with Crippen molar-refractivity contribution in [3.63, 3.8) is 0 Å². The fourth-order valence-electron chi connectivity index (χ4n) is 2.28. The van der Waals surface area contributed by atoms with Gasteiger partial charge in [-0.1, -0.05) is 26.0 Å². The number of carbonyl (C=O) groups is 1. The van der Waals surface area contributed by atoms with Gasteiger partial charge in [-0.2, -0.15) is 5.10 Å². The summed E-state index contributed by atoms with van der Waals surface area (Å²) in [5, 5.41) is 4.01. The number of halogens is 1. The van der Waals surface area contributed by atoms with Crippen LogP contribution < -0.4 is 14.9 Å². The third-order valence-electron chi connectivity index (χ3n) is 3.70. The number of ether oxygens (including phenoxy) is 2. The molecule has 0 unspecified atom stereocenters. The van der Waals surface area contributed by atoms with E-state index in [4.69, 9.17) is 9.47 Å². The summed E-state index contributed by atoms with van der Waals surface area (Å²) in [4.78, 5) is 12.1. The van der Waals surface area contributed by atoms with Gasteiger partial charge in [0.15, 0.2) is 11.5 Å². The van der Waals surface area contributed by atoms with E-state index in [-0.39, 0.29) is 12.7 Å². The zero-order chi connectivity index (χ0) is 17.1. The van der Waals surface area contributed by atoms with E-state index in [9.17, 15) is 4.79 Å². The first-order valence-corrected chi connectivity index (χ1v) is 8.36. The zero-order valence-electron chi connectivity index (χ0n) is 13.4. The van der Waals surface area contributed by atoms with E-state index >= 15 is 0 Å². The van der Waals surface area contributed by atoms with Gasteiger partial charge in [0.1, 0.15) is 0 Å². The number of fused-ring (bicyclic) bond motifs is 1. The lowest BCUT2D eigenvalue weighted by Crippen LogP contribution is -2.17. The lowest BCUT2D eigenvalue weighted by molar-refractivity contribution is 0.0955. The Bertz CT molecular complexity index is 786. The molecule has 1 heterocycles. The van der Waals surface area contributed by atoms with Crippen LogP contribution in [0.2, 0.25) is 0 Å². The molecule has 1 amide bonds. The molecule has 0 radical (unpaired) electrons. The highest BCUT2D eigenvalue weighted by atomic mass is 79.9. The van der Waals surface area contributed by atoms with Crippen LogP contribution in [0.3, 0.4) is 0 Å². The number of nitrogens with zero attached hydrogens (tertiary/aromatic N) is 1. The number of rotatable bonds is 4. The van der Waals surface area contributed by atoms with Crippen molar-refractivity contribution in [3.8, 4) is 11.5 Å². The Kier molecular flexibility index (Phi) is 4.85. The summed E-state index contributed by atoms with van der Waals surface area (Å²) in [6.45, 7) is 4.44. The second-order valence-electron chi connectivity index (χ2n) is 5.70. The van der Waals surface area contributed by atoms with E-state index in [2.05, 4.69) is 40.3 Å². The quantitative estimate of drug-likeness (QED) is 0.634. The Hall–Kier alpha value is -2.34. The molecule has 0 fully saturated rings. The summed E-state index contributed by atoms with van der Waals surface area (Å²) in [6, 6.07) is 11.1. The van der Waals surface area contributed by atoms with Crippen molar-refractivity contribution in [2.75, 3.05) is 6.79 Å². The molecule has 5 nitrogen and oxygen atoms in total. The predicted octanol–water partition coefficient (Wildman–Crippen LogP) is 4.07. The fraction of sp³-hybridized carbons (Fsp3) is 0.222. The Labute approximate surface area is 148 Å². The minimum atomic E-state index is -0.251. The average Bonchev–Trinajstić information content (AvgIpc) is 3.02. The maximum atomic E-state index is 12.1. The summed E-state index contributed by atoms with van der Waals surface area (Å²) in [6.07, 6.45) is 1.56. The maximum absolute atomic E-state index is 12.1. The molecule has 1 aliphatic rings. The highest BCUT2D eigenvalue weighted by Crippen LogP contribution is 2.36. The number of nitrogens with one attached hydrogen (secondary N) is 1. The van der Waals surface area contributed by atoms with Gasteiger partial charge < -0.3 is 9.47 Å². The van der Waals surface area contributed by atoms with Crippen molar-refractivity contribution in [3.05, 3.63) is 57.6 Å². The number of carbonyl (C=O) groups excluding carboxylic acids is 1. The van der Waals surface area contributed by atoms with Gasteiger partial charge in [-0.05, 0) is 51.7 Å². The lowest BCUT2D eigenvalue weighted by atomic mass is 10.0.